The van der Waals surface area contributed by atoms with Gasteiger partial charge >= 0.3 is 5.97 Å². The van der Waals surface area contributed by atoms with Crippen LogP contribution in [0.15, 0.2) is 18.2 Å². The highest BCUT2D eigenvalue weighted by Crippen LogP contribution is 2.48. The maximum absolute atomic E-state index is 10.9. The highest BCUT2D eigenvalue weighted by molar-refractivity contribution is 6.33. The van der Waals surface area contributed by atoms with E-state index in [9.17, 15) is 10.0 Å². The van der Waals surface area contributed by atoms with Crippen molar-refractivity contribution in [3.8, 4) is 0 Å². The average Bonchev–Trinajstić information content (AvgIpc) is 2.58. The number of aliphatic carboxylic acids is 1. The molecule has 1 aromatic rings. The number of hydrogen-bond donors (Lipinski definition) is 3. The zero-order chi connectivity index (χ0) is 17.2. The number of carboxylic acids is 1. The molecule has 2 aliphatic rings. The van der Waals surface area contributed by atoms with Crippen LogP contribution in [-0.2, 0) is 4.79 Å². The third-order valence-electron chi connectivity index (χ3n) is 5.91. The van der Waals surface area contributed by atoms with Crippen molar-refractivity contribution < 1.29 is 20.6 Å². The zero-order valence-electron chi connectivity index (χ0n) is 13.9. The summed E-state index contributed by atoms with van der Waals surface area (Å²) in [6.07, 6.45) is 6.98. The molecule has 6 heteroatoms. The lowest BCUT2D eigenvalue weighted by Crippen LogP contribution is -2.73. The lowest BCUT2D eigenvalue weighted by Gasteiger charge is -2.46. The molecule has 0 bridgehead atoms. The topological polar surface area (TPSA) is 77.4 Å². The van der Waals surface area contributed by atoms with Crippen LogP contribution in [0, 0.1) is 11.3 Å². The summed E-state index contributed by atoms with van der Waals surface area (Å²) in [5, 5.41) is 18.9. The van der Waals surface area contributed by atoms with Gasteiger partial charge in [0.1, 0.15) is 0 Å². The fraction of sp³-hybridized carbons (Fsp3) is 0.611. The smallest absolute Gasteiger partial charge is 0.303 e. The molecule has 4 N–H and O–H groups in total. The lowest BCUT2D eigenvalue weighted by atomic mass is 9.65. The van der Waals surface area contributed by atoms with Gasteiger partial charge < -0.3 is 10.0 Å². The Kier molecular flexibility index (Phi) is 5.33. The Balaban J connectivity index is 1.59. The van der Waals surface area contributed by atoms with Crippen LogP contribution >= 0.6 is 11.6 Å². The van der Waals surface area contributed by atoms with E-state index in [2.05, 4.69) is 4.90 Å². The number of rotatable bonds is 4. The molecular formula is C18H26ClN2O3+. The summed E-state index contributed by atoms with van der Waals surface area (Å²) in [5.41, 5.74) is 3.26. The first kappa shape index (κ1) is 17.5. The van der Waals surface area contributed by atoms with Crippen LogP contribution in [0.5, 0.6) is 0 Å². The van der Waals surface area contributed by atoms with Gasteiger partial charge in [0.15, 0.2) is 5.69 Å². The second-order valence-corrected chi connectivity index (χ2v) is 7.78. The monoisotopic (exact) mass is 353 g/mol. The van der Waals surface area contributed by atoms with E-state index in [1.54, 1.807) is 6.07 Å². The van der Waals surface area contributed by atoms with Crippen LogP contribution in [0.3, 0.4) is 0 Å². The quantitative estimate of drug-likeness (QED) is 0.574. The highest BCUT2D eigenvalue weighted by Gasteiger charge is 2.38. The van der Waals surface area contributed by atoms with E-state index >= 15 is 0 Å². The molecule has 1 aliphatic heterocycles. The molecule has 1 aromatic carbocycles. The fourth-order valence-corrected chi connectivity index (χ4v) is 4.55. The Hall–Kier alpha value is -1.30. The number of carboxylic acid groups (broad SMARTS) is 1. The third kappa shape index (κ3) is 3.85. The minimum absolute atomic E-state index is 0.322. The Morgan fingerprint density at radius 1 is 1.25 bits per heavy atom. The summed E-state index contributed by atoms with van der Waals surface area (Å²) in [4.78, 5) is 13.2. The highest BCUT2D eigenvalue weighted by atomic mass is 35.5. The maximum Gasteiger partial charge on any atom is 0.303 e. The first-order valence-corrected chi connectivity index (χ1v) is 9.13. The largest absolute Gasteiger partial charge is 0.481 e. The van der Waals surface area contributed by atoms with Crippen molar-refractivity contribution in [1.82, 2.24) is 0 Å². The normalized spacial score (nSPS) is 21.2. The van der Waals surface area contributed by atoms with Crippen LogP contribution in [0.25, 0.3) is 0 Å². The van der Waals surface area contributed by atoms with Crippen molar-refractivity contribution in [3.05, 3.63) is 23.2 Å². The molecule has 0 amide bonds. The Bertz CT molecular complexity index is 590. The van der Waals surface area contributed by atoms with Gasteiger partial charge in [0, 0.05) is 31.6 Å². The van der Waals surface area contributed by atoms with E-state index in [1.807, 2.05) is 12.1 Å². The van der Waals surface area contributed by atoms with Gasteiger partial charge in [0.25, 0.3) is 0 Å². The molecule has 3 rings (SSSR count). The van der Waals surface area contributed by atoms with Gasteiger partial charge in [-0.2, -0.15) is 5.48 Å². The lowest BCUT2D eigenvalue weighted by molar-refractivity contribution is -0.825. The fourth-order valence-electron chi connectivity index (χ4n) is 4.32. The number of carbonyl (C=O) groups is 1. The van der Waals surface area contributed by atoms with Crippen LogP contribution in [0.1, 0.15) is 44.9 Å². The van der Waals surface area contributed by atoms with Gasteiger partial charge in [-0.15, -0.1) is 0 Å². The summed E-state index contributed by atoms with van der Waals surface area (Å²) < 4.78 is 0. The van der Waals surface area contributed by atoms with Crippen molar-refractivity contribution in [2.75, 3.05) is 18.0 Å². The standard InChI is InChI=1S/C18H25ClN2O3/c19-15-2-1-14(20-24)12-16(15)21-9-7-18(8-10-21)5-3-13(4-6-18)11-17(22)23/h1-2,12-13,20,24H,3-11H2,(H,22,23)/p+1. The number of quaternary nitrogens is 1. The summed E-state index contributed by atoms with van der Waals surface area (Å²) in [6.45, 7) is 1.94. The molecule has 2 fully saturated rings. The molecule has 1 spiro atoms. The maximum atomic E-state index is 10.9. The number of halogens is 1. The van der Waals surface area contributed by atoms with E-state index in [4.69, 9.17) is 16.7 Å². The first-order valence-electron chi connectivity index (χ1n) is 8.75. The van der Waals surface area contributed by atoms with E-state index in [1.165, 1.54) is 0 Å². The zero-order valence-corrected chi connectivity index (χ0v) is 14.6. The van der Waals surface area contributed by atoms with Crippen LogP contribution in [0.2, 0.25) is 5.02 Å². The number of nitrogens with zero attached hydrogens (tertiary/aromatic N) is 1. The van der Waals surface area contributed by atoms with Crippen molar-refractivity contribution in [2.45, 2.75) is 44.9 Å². The molecule has 0 radical (unpaired) electrons. The van der Waals surface area contributed by atoms with E-state index in [-0.39, 0.29) is 0 Å². The average molecular weight is 354 g/mol. The summed E-state index contributed by atoms with van der Waals surface area (Å²) in [6, 6.07) is 5.57. The number of piperidine rings is 1. The number of anilines is 1. The second-order valence-electron chi connectivity index (χ2n) is 7.37. The van der Waals surface area contributed by atoms with Gasteiger partial charge in [-0.3, -0.25) is 4.79 Å². The van der Waals surface area contributed by atoms with Crippen molar-refractivity contribution in [3.63, 3.8) is 0 Å². The minimum Gasteiger partial charge on any atom is -0.481 e. The third-order valence-corrected chi connectivity index (χ3v) is 6.23. The van der Waals surface area contributed by atoms with Gasteiger partial charge in [0.05, 0.1) is 10.7 Å². The minimum atomic E-state index is -0.666. The summed E-state index contributed by atoms with van der Waals surface area (Å²) in [7, 11) is 0. The number of hydrogen-bond acceptors (Lipinski definition) is 3. The number of benzene rings is 1. The molecule has 132 valence electrons. The predicted octanol–water partition coefficient (Wildman–Crippen LogP) is 3.18. The molecule has 0 atom stereocenters. The van der Waals surface area contributed by atoms with E-state index in [0.717, 1.165) is 73.5 Å². The van der Waals surface area contributed by atoms with Gasteiger partial charge in [-0.25, -0.2) is 5.21 Å². The van der Waals surface area contributed by atoms with Gasteiger partial charge in [-0.1, -0.05) is 11.6 Å². The number of nitrogens with two attached hydrogens (primary N) is 1. The van der Waals surface area contributed by atoms with Crippen LogP contribution in [0.4, 0.5) is 11.4 Å². The molecule has 1 saturated carbocycles. The van der Waals surface area contributed by atoms with Crippen molar-refractivity contribution in [2.24, 2.45) is 11.3 Å². The summed E-state index contributed by atoms with van der Waals surface area (Å²) in [5.74, 6) is -0.307. The van der Waals surface area contributed by atoms with Gasteiger partial charge in [0.2, 0.25) is 0 Å². The predicted molar refractivity (Wildman–Crippen MR) is 92.9 cm³/mol. The van der Waals surface area contributed by atoms with Gasteiger partial charge in [-0.05, 0) is 55.9 Å². The first-order chi connectivity index (χ1) is 11.5. The van der Waals surface area contributed by atoms with Crippen molar-refractivity contribution in [1.29, 1.82) is 0 Å². The Morgan fingerprint density at radius 3 is 2.50 bits per heavy atom. The molecule has 24 heavy (non-hydrogen) atoms. The summed E-state index contributed by atoms with van der Waals surface area (Å²) >= 11 is 6.34. The Morgan fingerprint density at radius 2 is 1.92 bits per heavy atom. The van der Waals surface area contributed by atoms with E-state index in [0.29, 0.717) is 17.8 Å². The molecule has 0 unspecified atom stereocenters. The Labute approximate surface area is 147 Å². The second kappa shape index (κ2) is 7.30. The molecule has 0 aromatic heterocycles. The van der Waals surface area contributed by atoms with Crippen LogP contribution in [-0.4, -0.2) is 29.4 Å². The molecule has 1 heterocycles. The molecular weight excluding hydrogens is 328 g/mol. The van der Waals surface area contributed by atoms with Crippen LogP contribution < -0.4 is 10.4 Å². The SMILES string of the molecule is O=C(O)CC1CCC2(CC1)CCN(c1cc([NH2+]O)ccc1Cl)CC2. The molecule has 1 aliphatic carbocycles. The van der Waals surface area contributed by atoms with Crippen molar-refractivity contribution >= 4 is 28.9 Å². The van der Waals surface area contributed by atoms with E-state index < -0.39 is 5.97 Å². The molecule has 1 saturated heterocycles. The molecule has 5 nitrogen and oxygen atoms in total.